The van der Waals surface area contributed by atoms with Gasteiger partial charge < -0.3 is 15.4 Å². The van der Waals surface area contributed by atoms with Crippen molar-refractivity contribution in [2.24, 2.45) is 4.99 Å². The SMILES string of the molecule is CCNC(=NCCc1ccccn1)NCCc1ccc(OC(F)(F)F)cc1. The van der Waals surface area contributed by atoms with Crippen LogP contribution < -0.4 is 15.4 Å². The first-order valence-corrected chi connectivity index (χ1v) is 8.73. The third-order valence-electron chi connectivity index (χ3n) is 3.57. The summed E-state index contributed by atoms with van der Waals surface area (Å²) in [6, 6.07) is 11.6. The van der Waals surface area contributed by atoms with Crippen LogP contribution in [-0.4, -0.2) is 36.9 Å². The smallest absolute Gasteiger partial charge is 0.406 e. The molecule has 0 radical (unpaired) electrons. The number of hydrogen-bond acceptors (Lipinski definition) is 3. The van der Waals surface area contributed by atoms with Crippen molar-refractivity contribution < 1.29 is 17.9 Å². The minimum atomic E-state index is -4.67. The molecule has 0 unspecified atom stereocenters. The van der Waals surface area contributed by atoms with Crippen LogP contribution in [0.4, 0.5) is 13.2 Å². The Morgan fingerprint density at radius 1 is 1.07 bits per heavy atom. The van der Waals surface area contributed by atoms with Crippen LogP contribution in [0, 0.1) is 0 Å². The molecule has 1 aromatic heterocycles. The van der Waals surface area contributed by atoms with Gasteiger partial charge in [0.15, 0.2) is 5.96 Å². The Balaban J connectivity index is 1.78. The van der Waals surface area contributed by atoms with Gasteiger partial charge in [0, 0.05) is 37.9 Å². The van der Waals surface area contributed by atoms with E-state index in [1.54, 1.807) is 18.3 Å². The first kappa shape index (κ1) is 20.5. The van der Waals surface area contributed by atoms with Crippen molar-refractivity contribution in [3.8, 4) is 5.75 Å². The second kappa shape index (κ2) is 10.4. The predicted octanol–water partition coefficient (Wildman–Crippen LogP) is 3.32. The van der Waals surface area contributed by atoms with Crippen LogP contribution >= 0.6 is 0 Å². The molecular weight excluding hydrogens is 357 g/mol. The van der Waals surface area contributed by atoms with Crippen LogP contribution in [0.5, 0.6) is 5.75 Å². The summed E-state index contributed by atoms with van der Waals surface area (Å²) in [6.07, 6.45) is -1.52. The standard InChI is InChI=1S/C19H23F3N4O/c1-2-23-18(26-14-11-16-5-3-4-12-24-16)25-13-10-15-6-8-17(9-7-15)27-19(20,21)22/h3-9,12H,2,10-11,13-14H2,1H3,(H2,23,25,26). The lowest BCUT2D eigenvalue weighted by atomic mass is 10.1. The summed E-state index contributed by atoms with van der Waals surface area (Å²) >= 11 is 0. The van der Waals surface area contributed by atoms with Gasteiger partial charge in [-0.3, -0.25) is 9.98 Å². The largest absolute Gasteiger partial charge is 0.573 e. The monoisotopic (exact) mass is 380 g/mol. The number of alkyl halides is 3. The molecule has 0 spiro atoms. The van der Waals surface area contributed by atoms with Crippen molar-refractivity contribution in [2.75, 3.05) is 19.6 Å². The molecule has 0 fully saturated rings. The van der Waals surface area contributed by atoms with Gasteiger partial charge in [0.25, 0.3) is 0 Å². The highest BCUT2D eigenvalue weighted by atomic mass is 19.4. The predicted molar refractivity (Wildman–Crippen MR) is 98.8 cm³/mol. The lowest BCUT2D eigenvalue weighted by Crippen LogP contribution is -2.38. The van der Waals surface area contributed by atoms with E-state index in [4.69, 9.17) is 0 Å². The molecule has 2 rings (SSSR count). The van der Waals surface area contributed by atoms with E-state index in [0.29, 0.717) is 25.5 Å². The Bertz CT molecular complexity index is 703. The molecule has 5 nitrogen and oxygen atoms in total. The second-order valence-electron chi connectivity index (χ2n) is 5.70. The van der Waals surface area contributed by atoms with Crippen LogP contribution in [0.1, 0.15) is 18.2 Å². The van der Waals surface area contributed by atoms with Gasteiger partial charge in [0.2, 0.25) is 0 Å². The zero-order valence-corrected chi connectivity index (χ0v) is 15.1. The van der Waals surface area contributed by atoms with E-state index in [9.17, 15) is 13.2 Å². The molecule has 8 heteroatoms. The van der Waals surface area contributed by atoms with Gasteiger partial charge in [-0.05, 0) is 43.2 Å². The van der Waals surface area contributed by atoms with Gasteiger partial charge in [-0.1, -0.05) is 18.2 Å². The van der Waals surface area contributed by atoms with Gasteiger partial charge in [-0.2, -0.15) is 0 Å². The van der Waals surface area contributed by atoms with E-state index in [1.807, 2.05) is 25.1 Å². The van der Waals surface area contributed by atoms with Crippen LogP contribution in [0.3, 0.4) is 0 Å². The number of nitrogens with one attached hydrogen (secondary N) is 2. The Kier molecular flexibility index (Phi) is 7.91. The number of aliphatic imine (C=N–C) groups is 1. The van der Waals surface area contributed by atoms with Crippen molar-refractivity contribution >= 4 is 5.96 Å². The van der Waals surface area contributed by atoms with Gasteiger partial charge in [0.05, 0.1) is 0 Å². The number of ether oxygens (including phenoxy) is 1. The minimum absolute atomic E-state index is 0.219. The molecule has 146 valence electrons. The number of aromatic nitrogens is 1. The first-order valence-electron chi connectivity index (χ1n) is 8.73. The maximum absolute atomic E-state index is 12.2. The summed E-state index contributed by atoms with van der Waals surface area (Å²) in [5.74, 6) is 0.481. The average molecular weight is 380 g/mol. The highest BCUT2D eigenvalue weighted by molar-refractivity contribution is 5.79. The number of guanidine groups is 1. The van der Waals surface area contributed by atoms with E-state index < -0.39 is 6.36 Å². The van der Waals surface area contributed by atoms with E-state index in [0.717, 1.165) is 24.2 Å². The average Bonchev–Trinajstić information content (AvgIpc) is 2.63. The van der Waals surface area contributed by atoms with Crippen molar-refractivity contribution in [1.29, 1.82) is 0 Å². The Morgan fingerprint density at radius 2 is 1.85 bits per heavy atom. The molecule has 27 heavy (non-hydrogen) atoms. The van der Waals surface area contributed by atoms with Crippen LogP contribution in [0.15, 0.2) is 53.7 Å². The summed E-state index contributed by atoms with van der Waals surface area (Å²) in [4.78, 5) is 8.77. The van der Waals surface area contributed by atoms with Gasteiger partial charge in [-0.25, -0.2) is 0 Å². The van der Waals surface area contributed by atoms with Crippen molar-refractivity contribution in [1.82, 2.24) is 15.6 Å². The molecule has 0 saturated carbocycles. The molecule has 2 N–H and O–H groups in total. The first-order chi connectivity index (χ1) is 13.0. The molecule has 0 bridgehead atoms. The van der Waals surface area contributed by atoms with Gasteiger partial charge >= 0.3 is 6.36 Å². The molecule has 1 heterocycles. The molecular formula is C19H23F3N4O. The van der Waals surface area contributed by atoms with Crippen LogP contribution in [-0.2, 0) is 12.8 Å². The molecule has 0 aliphatic rings. The zero-order chi connectivity index (χ0) is 19.5. The topological polar surface area (TPSA) is 58.5 Å². The normalized spacial score (nSPS) is 11.9. The summed E-state index contributed by atoms with van der Waals surface area (Å²) < 4.78 is 40.3. The van der Waals surface area contributed by atoms with E-state index in [1.165, 1.54) is 12.1 Å². The number of halogens is 3. The van der Waals surface area contributed by atoms with Gasteiger partial charge in [0.1, 0.15) is 5.75 Å². The van der Waals surface area contributed by atoms with Crippen molar-refractivity contribution in [3.05, 3.63) is 59.9 Å². The maximum Gasteiger partial charge on any atom is 0.573 e. The quantitative estimate of drug-likeness (QED) is 0.545. The fraction of sp³-hybridized carbons (Fsp3) is 0.368. The van der Waals surface area contributed by atoms with Crippen LogP contribution in [0.2, 0.25) is 0 Å². The fourth-order valence-corrected chi connectivity index (χ4v) is 2.35. The molecule has 0 amide bonds. The number of rotatable bonds is 8. The summed E-state index contributed by atoms with van der Waals surface area (Å²) in [5.41, 5.74) is 1.89. The Morgan fingerprint density at radius 3 is 2.48 bits per heavy atom. The van der Waals surface area contributed by atoms with E-state index in [2.05, 4.69) is 25.3 Å². The number of hydrogen-bond donors (Lipinski definition) is 2. The second-order valence-corrected chi connectivity index (χ2v) is 5.70. The molecule has 0 saturated heterocycles. The lowest BCUT2D eigenvalue weighted by Gasteiger charge is -2.12. The van der Waals surface area contributed by atoms with Gasteiger partial charge in [-0.15, -0.1) is 13.2 Å². The maximum atomic E-state index is 12.2. The van der Waals surface area contributed by atoms with E-state index in [-0.39, 0.29) is 5.75 Å². The molecule has 0 atom stereocenters. The summed E-state index contributed by atoms with van der Waals surface area (Å²) in [5, 5.41) is 6.38. The third kappa shape index (κ3) is 8.44. The number of benzene rings is 1. The Labute approximate surface area is 156 Å². The number of pyridine rings is 1. The highest BCUT2D eigenvalue weighted by Crippen LogP contribution is 2.22. The molecule has 2 aromatic rings. The number of nitrogens with zero attached hydrogens (tertiary/aromatic N) is 2. The lowest BCUT2D eigenvalue weighted by molar-refractivity contribution is -0.274. The van der Waals surface area contributed by atoms with E-state index >= 15 is 0 Å². The van der Waals surface area contributed by atoms with Crippen molar-refractivity contribution in [3.63, 3.8) is 0 Å². The van der Waals surface area contributed by atoms with Crippen LogP contribution in [0.25, 0.3) is 0 Å². The molecule has 1 aromatic carbocycles. The fourth-order valence-electron chi connectivity index (χ4n) is 2.35. The zero-order valence-electron chi connectivity index (χ0n) is 15.1. The molecule has 0 aliphatic carbocycles. The summed E-state index contributed by atoms with van der Waals surface area (Å²) in [7, 11) is 0. The molecule has 0 aliphatic heterocycles. The summed E-state index contributed by atoms with van der Waals surface area (Å²) in [6.45, 7) is 3.93. The minimum Gasteiger partial charge on any atom is -0.406 e. The third-order valence-corrected chi connectivity index (χ3v) is 3.57. The Hall–Kier alpha value is -2.77. The highest BCUT2D eigenvalue weighted by Gasteiger charge is 2.30. The van der Waals surface area contributed by atoms with Crippen molar-refractivity contribution in [2.45, 2.75) is 26.1 Å².